The molecule has 0 atom stereocenters. The summed E-state index contributed by atoms with van der Waals surface area (Å²) in [6.45, 7) is 0. The first-order valence-electron chi connectivity index (χ1n) is 0.644. The first kappa shape index (κ1) is 10.2. The van der Waals surface area contributed by atoms with E-state index in [0.29, 0.717) is 0 Å². The van der Waals surface area contributed by atoms with Gasteiger partial charge < -0.3 is 0 Å². The van der Waals surface area contributed by atoms with Gasteiger partial charge in [0.25, 0.3) is 0 Å². The van der Waals surface area contributed by atoms with Crippen LogP contribution < -0.4 is 0 Å². The van der Waals surface area contributed by atoms with Gasteiger partial charge in [-0.2, -0.15) is 0 Å². The van der Waals surface area contributed by atoms with Gasteiger partial charge in [0.15, 0.2) is 0 Å². The van der Waals surface area contributed by atoms with E-state index in [1.54, 1.807) is 0 Å². The van der Waals surface area contributed by atoms with Gasteiger partial charge in [-0.05, 0) is 0 Å². The first-order chi connectivity index (χ1) is 2.41. The topological polar surface area (TPSA) is 51.2 Å². The van der Waals surface area contributed by atoms with Crippen molar-refractivity contribution in [3.63, 3.8) is 0 Å². The molecular weight excluding hydrogens is 329 g/mol. The van der Waals surface area contributed by atoms with E-state index in [0.717, 1.165) is 0 Å². The summed E-state index contributed by atoms with van der Waals surface area (Å²) < 4.78 is 25.6. The van der Waals surface area contributed by atoms with Crippen LogP contribution in [0.3, 0.4) is 0 Å². The second-order valence-corrected chi connectivity index (χ2v) is 0.607. The Morgan fingerprint density at radius 1 is 1.20 bits per heavy atom. The molecule has 0 saturated carbocycles. The Labute approximate surface area is 77.7 Å². The van der Waals surface area contributed by atoms with Gasteiger partial charge in [-0.3, -0.25) is 0 Å². The molecule has 25 valence electrons. The van der Waals surface area contributed by atoms with Crippen molar-refractivity contribution in [1.82, 2.24) is 0 Å². The molecule has 5 heavy (non-hydrogen) atoms. The van der Waals surface area contributed by atoms with Crippen LogP contribution in [0, 0.1) is 77.1 Å². The average Bonchev–Trinajstić information content (AvgIpc) is 1.46. The van der Waals surface area contributed by atoms with Gasteiger partial charge in [0, 0.05) is 0 Å². The molecule has 0 aromatic heterocycles. The molecule has 0 spiro atoms. The van der Waals surface area contributed by atoms with Crippen molar-refractivity contribution in [2.24, 2.45) is 0 Å². The zero-order valence-electron chi connectivity index (χ0n) is 2.30. The van der Waals surface area contributed by atoms with Gasteiger partial charge in [0.1, 0.15) is 0 Å². The second kappa shape index (κ2) is 16.5. The summed E-state index contributed by atoms with van der Waals surface area (Å²) in [5.74, 6) is 0. The van der Waals surface area contributed by atoms with Crippen molar-refractivity contribution in [2.75, 3.05) is 0 Å². The summed E-state index contributed by atoms with van der Waals surface area (Å²) in [5.41, 5.74) is 0. The van der Waals surface area contributed by atoms with Gasteiger partial charge in [-0.1, -0.05) is 0 Å². The van der Waals surface area contributed by atoms with E-state index in [1.807, 2.05) is 0 Å². The molecule has 0 amide bonds. The first-order valence-corrected chi connectivity index (χ1v) is 4.72. The molecule has 5 heteroatoms. The molecular formula is CeO3Pr. The van der Waals surface area contributed by atoms with Gasteiger partial charge in [0.05, 0.1) is 0 Å². The zero-order chi connectivity index (χ0) is 4.71. The number of hydrogen-bond acceptors (Lipinski definition) is 3. The van der Waals surface area contributed by atoms with E-state index in [9.17, 15) is 0 Å². The maximum absolute atomic E-state index is 8.57. The normalized spacial score (nSPS) is 2.80. The van der Waals surface area contributed by atoms with Gasteiger partial charge in [-0.25, -0.2) is 0 Å². The van der Waals surface area contributed by atoms with Crippen LogP contribution in [0.5, 0.6) is 0 Å². The Hall–Kier alpha value is 2.14. The molecule has 0 aliphatic carbocycles. The van der Waals surface area contributed by atoms with Crippen LogP contribution in [0.15, 0.2) is 0 Å². The Bertz CT molecular complexity index is 36.2. The molecule has 0 saturated heterocycles. The molecule has 0 bridgehead atoms. The second-order valence-electron chi connectivity index (χ2n) is 0.0833. The van der Waals surface area contributed by atoms with Crippen LogP contribution >= 0.6 is 0 Å². The summed E-state index contributed by atoms with van der Waals surface area (Å²) in [4.78, 5) is 0. The minimum absolute atomic E-state index is 0.0833. The summed E-state index contributed by atoms with van der Waals surface area (Å²) in [6, 6.07) is 0. The van der Waals surface area contributed by atoms with Crippen LogP contribution in [0.4, 0.5) is 0 Å². The SMILES string of the molecule is [O]=[Ce]=[O].[O]=[Pr]. The van der Waals surface area contributed by atoms with Gasteiger partial charge in [0.2, 0.25) is 0 Å². The van der Waals surface area contributed by atoms with Crippen LogP contribution in [0.1, 0.15) is 0 Å². The predicted molar refractivity (Wildman–Crippen MR) is 2.06 cm³/mol. The van der Waals surface area contributed by atoms with Crippen molar-refractivity contribution in [3.8, 4) is 0 Å². The third-order valence-corrected chi connectivity index (χ3v) is 0. The third-order valence-electron chi connectivity index (χ3n) is 0. The molecule has 0 heterocycles. The van der Waals surface area contributed by atoms with Crippen molar-refractivity contribution < 1.29 is 80.0 Å². The molecule has 0 aliphatic rings. The summed E-state index contributed by atoms with van der Waals surface area (Å²) >= 11 is -2.50. The van der Waals surface area contributed by atoms with E-state index in [4.69, 9.17) is 2.87 Å². The monoisotopic (exact) mass is 329 g/mol. The Morgan fingerprint density at radius 2 is 1.20 bits per heavy atom. The van der Waals surface area contributed by atoms with Crippen molar-refractivity contribution >= 4 is 0 Å². The van der Waals surface area contributed by atoms with Crippen LogP contribution in [-0.2, 0) is 2.87 Å². The molecule has 0 unspecified atom stereocenters. The molecule has 3 nitrogen and oxygen atoms in total. The fourth-order valence-electron chi connectivity index (χ4n) is 0. The summed E-state index contributed by atoms with van der Waals surface area (Å²) in [7, 11) is 0. The molecule has 0 aliphatic heterocycles. The maximum atomic E-state index is 8.57. The molecule has 0 aromatic carbocycles. The fourth-order valence-corrected chi connectivity index (χ4v) is 0. The van der Waals surface area contributed by atoms with Crippen molar-refractivity contribution in [3.05, 3.63) is 0 Å². The van der Waals surface area contributed by atoms with E-state index in [1.165, 1.54) is 0 Å². The molecule has 0 fully saturated rings. The molecule has 0 radical (unpaired) electrons. The Balaban J connectivity index is 0. The van der Waals surface area contributed by atoms with E-state index >= 15 is 0 Å². The van der Waals surface area contributed by atoms with Crippen LogP contribution in [0.2, 0.25) is 0 Å². The number of rotatable bonds is 0. The van der Waals surface area contributed by atoms with Gasteiger partial charge >= 0.3 is 80.0 Å². The Morgan fingerprint density at radius 3 is 1.20 bits per heavy atom. The molecule has 0 N–H and O–H groups in total. The number of hydrogen-bond donors (Lipinski definition) is 0. The molecule has 0 aromatic rings. The standard InChI is InChI=1S/Ce.3O.Pr. The average molecular weight is 329 g/mol. The van der Waals surface area contributed by atoms with E-state index in [2.05, 4.69) is 0 Å². The Kier molecular flexibility index (Phi) is 33.5. The molecule has 0 rings (SSSR count). The van der Waals surface area contributed by atoms with Crippen LogP contribution in [0.25, 0.3) is 0 Å². The van der Waals surface area contributed by atoms with Crippen molar-refractivity contribution in [1.29, 1.82) is 0 Å². The predicted octanol–water partition coefficient (Wildman–Crippen LogP) is -0.356. The van der Waals surface area contributed by atoms with Gasteiger partial charge in [-0.15, -0.1) is 0 Å². The fraction of sp³-hybridized carbons (Fsp3) is 0. The van der Waals surface area contributed by atoms with E-state index in [-0.39, 0.29) is 39.3 Å². The van der Waals surface area contributed by atoms with Crippen molar-refractivity contribution in [2.45, 2.75) is 0 Å². The minimum atomic E-state index is -2.42. The summed E-state index contributed by atoms with van der Waals surface area (Å²) in [6.07, 6.45) is 0. The quantitative estimate of drug-likeness (QED) is 0.610. The van der Waals surface area contributed by atoms with E-state index < -0.39 is 37.8 Å². The third kappa shape index (κ3) is 23.0. The van der Waals surface area contributed by atoms with Crippen LogP contribution in [-0.4, -0.2) is 0 Å². The zero-order valence-corrected chi connectivity index (χ0v) is 9.15. The summed E-state index contributed by atoms with van der Waals surface area (Å²) in [5, 5.41) is 0.